The molecule has 1 heterocycles. The number of carbonyl (C=O) groups is 2. The number of aliphatic hydroxyl groups excluding tert-OH is 1. The van der Waals surface area contributed by atoms with Gasteiger partial charge in [0.2, 0.25) is 0 Å². The monoisotopic (exact) mass is 418 g/mol. The summed E-state index contributed by atoms with van der Waals surface area (Å²) in [5.41, 5.74) is -3.87. The summed E-state index contributed by atoms with van der Waals surface area (Å²) in [5, 5.41) is 11.4. The Morgan fingerprint density at radius 2 is 1.90 bits per heavy atom. The number of allylic oxidation sites excluding steroid dienone is 4. The highest BCUT2D eigenvalue weighted by molar-refractivity contribution is 5.93. The molecule has 164 valence electrons. The van der Waals surface area contributed by atoms with Crippen LogP contribution in [-0.4, -0.2) is 46.4 Å². The molecule has 5 rings (SSSR count). The molecular weight excluding hydrogens is 387 g/mol. The summed E-state index contributed by atoms with van der Waals surface area (Å²) < 4.78 is 29.0. The number of rotatable bonds is 0. The molecule has 3 fully saturated rings. The van der Waals surface area contributed by atoms with Crippen molar-refractivity contribution in [1.82, 2.24) is 0 Å². The second-order valence-electron chi connectivity index (χ2n) is 10.8. The number of fused-ring (bicyclic) bond motifs is 6. The average molecular weight is 419 g/mol. The minimum atomic E-state index is -1.88. The van der Waals surface area contributed by atoms with Crippen molar-refractivity contribution >= 4 is 11.6 Å². The third kappa shape index (κ3) is 2.23. The Morgan fingerprint density at radius 1 is 1.17 bits per heavy atom. The second kappa shape index (κ2) is 5.90. The smallest absolute Gasteiger partial charge is 0.190 e. The first-order chi connectivity index (χ1) is 13.9. The van der Waals surface area contributed by atoms with Crippen LogP contribution in [0.5, 0.6) is 0 Å². The lowest BCUT2D eigenvalue weighted by atomic mass is 9.45. The lowest BCUT2D eigenvalue weighted by Gasteiger charge is -2.63. The molecule has 6 heteroatoms. The maximum absolute atomic E-state index is 17.1. The first-order valence-corrected chi connectivity index (χ1v) is 11.1. The third-order valence-electron chi connectivity index (χ3n) is 9.15. The predicted molar refractivity (Wildman–Crippen MR) is 107 cm³/mol. The third-order valence-corrected chi connectivity index (χ3v) is 9.15. The van der Waals surface area contributed by atoms with Crippen LogP contribution in [0.25, 0.3) is 0 Å². The fourth-order valence-electron chi connectivity index (χ4n) is 7.59. The molecule has 0 aromatic carbocycles. The zero-order chi connectivity index (χ0) is 21.7. The fraction of sp³-hybridized carbons (Fsp3) is 0.750. The molecule has 0 radical (unpaired) electrons. The van der Waals surface area contributed by atoms with Gasteiger partial charge >= 0.3 is 0 Å². The number of Topliss-reactive ketones (excluding diaryl/α,β-unsaturated/α-hetero) is 1. The van der Waals surface area contributed by atoms with Crippen LogP contribution in [0.2, 0.25) is 0 Å². The van der Waals surface area contributed by atoms with E-state index < -0.39 is 39.9 Å². The van der Waals surface area contributed by atoms with Crippen molar-refractivity contribution in [3.63, 3.8) is 0 Å². The minimum absolute atomic E-state index is 0.0243. The number of hydrogen-bond donors (Lipinski definition) is 1. The molecule has 0 bridgehead atoms. The predicted octanol–water partition coefficient (Wildman–Crippen LogP) is 3.45. The van der Waals surface area contributed by atoms with Gasteiger partial charge in [-0.2, -0.15) is 0 Å². The van der Waals surface area contributed by atoms with E-state index in [0.717, 1.165) is 5.57 Å². The van der Waals surface area contributed by atoms with Gasteiger partial charge in [0.15, 0.2) is 23.0 Å². The van der Waals surface area contributed by atoms with Crippen LogP contribution in [0.3, 0.4) is 0 Å². The summed E-state index contributed by atoms with van der Waals surface area (Å²) in [4.78, 5) is 25.1. The number of halogens is 1. The molecule has 1 N–H and O–H groups in total. The van der Waals surface area contributed by atoms with E-state index in [1.807, 2.05) is 19.9 Å². The van der Waals surface area contributed by atoms with Gasteiger partial charge in [0.25, 0.3) is 0 Å². The summed E-state index contributed by atoms with van der Waals surface area (Å²) in [6, 6.07) is 0. The van der Waals surface area contributed by atoms with Gasteiger partial charge in [-0.15, -0.1) is 0 Å². The molecule has 2 saturated carbocycles. The lowest BCUT2D eigenvalue weighted by Crippen LogP contribution is -2.70. The van der Waals surface area contributed by atoms with Crippen LogP contribution < -0.4 is 0 Å². The Kier molecular flexibility index (Phi) is 4.04. The maximum Gasteiger partial charge on any atom is 0.190 e. The summed E-state index contributed by atoms with van der Waals surface area (Å²) in [5.74, 6) is -1.59. The van der Waals surface area contributed by atoms with E-state index in [4.69, 9.17) is 9.47 Å². The molecule has 7 atom stereocenters. The Balaban J connectivity index is 1.61. The molecule has 0 amide bonds. The summed E-state index contributed by atoms with van der Waals surface area (Å²) in [6.45, 7) is 7.38. The number of alkyl halides is 1. The Hall–Kier alpha value is -1.37. The van der Waals surface area contributed by atoms with E-state index in [-0.39, 0.29) is 36.9 Å². The fourth-order valence-corrected chi connectivity index (χ4v) is 7.59. The molecule has 0 aromatic rings. The van der Waals surface area contributed by atoms with Gasteiger partial charge in [-0.3, -0.25) is 9.59 Å². The summed E-state index contributed by atoms with van der Waals surface area (Å²) in [6.07, 6.45) is 5.87. The van der Waals surface area contributed by atoms with Crippen molar-refractivity contribution in [1.29, 1.82) is 0 Å². The molecule has 7 unspecified atom stereocenters. The zero-order valence-electron chi connectivity index (χ0n) is 18.2. The largest absolute Gasteiger partial charge is 0.390 e. The van der Waals surface area contributed by atoms with Crippen LogP contribution >= 0.6 is 0 Å². The molecule has 1 aliphatic heterocycles. The number of ketones is 2. The quantitative estimate of drug-likeness (QED) is 0.610. The van der Waals surface area contributed by atoms with Gasteiger partial charge in [-0.05, 0) is 58.4 Å². The molecule has 0 aromatic heterocycles. The molecule has 5 nitrogen and oxygen atoms in total. The summed E-state index contributed by atoms with van der Waals surface area (Å²) >= 11 is 0. The first-order valence-electron chi connectivity index (χ1n) is 11.1. The second-order valence-corrected chi connectivity index (χ2v) is 10.8. The number of ether oxygens (including phenoxy) is 2. The van der Waals surface area contributed by atoms with Crippen LogP contribution in [0.15, 0.2) is 23.8 Å². The maximum atomic E-state index is 17.1. The highest BCUT2D eigenvalue weighted by Crippen LogP contribution is 2.70. The van der Waals surface area contributed by atoms with Crippen molar-refractivity contribution in [2.75, 3.05) is 6.61 Å². The standard InChI is InChI=1S/C24H31FO5/c1-20(2)29-13-19(28)23(30-20)10-8-16-17-6-5-14-11-15(26)7-9-21(14,3)24(17,25)18(27)12-22(16,23)4/h5,7,9,16-18,27H,6,8,10-13H2,1-4H3. The average Bonchev–Trinajstić information content (AvgIpc) is 2.93. The van der Waals surface area contributed by atoms with Crippen molar-refractivity contribution in [2.24, 2.45) is 22.7 Å². The Morgan fingerprint density at radius 3 is 2.63 bits per heavy atom. The highest BCUT2D eigenvalue weighted by atomic mass is 19.1. The first kappa shape index (κ1) is 20.5. The topological polar surface area (TPSA) is 72.8 Å². The molecule has 1 spiro atoms. The van der Waals surface area contributed by atoms with Gasteiger partial charge in [-0.25, -0.2) is 4.39 Å². The van der Waals surface area contributed by atoms with E-state index in [1.165, 1.54) is 6.08 Å². The van der Waals surface area contributed by atoms with E-state index in [9.17, 15) is 14.7 Å². The summed E-state index contributed by atoms with van der Waals surface area (Å²) in [7, 11) is 0. The van der Waals surface area contributed by atoms with E-state index >= 15 is 4.39 Å². The van der Waals surface area contributed by atoms with Gasteiger partial charge in [0.1, 0.15) is 12.2 Å². The van der Waals surface area contributed by atoms with E-state index in [2.05, 4.69) is 0 Å². The molecule has 30 heavy (non-hydrogen) atoms. The molecule has 4 aliphatic carbocycles. The van der Waals surface area contributed by atoms with Crippen molar-refractivity contribution in [3.05, 3.63) is 23.8 Å². The number of aliphatic hydroxyl groups is 1. The number of hydrogen-bond acceptors (Lipinski definition) is 5. The van der Waals surface area contributed by atoms with Crippen LogP contribution in [0.1, 0.15) is 59.8 Å². The van der Waals surface area contributed by atoms with Crippen LogP contribution in [0, 0.1) is 22.7 Å². The number of carbonyl (C=O) groups excluding carboxylic acids is 2. The van der Waals surface area contributed by atoms with Crippen LogP contribution in [0.4, 0.5) is 4.39 Å². The van der Waals surface area contributed by atoms with Crippen molar-refractivity contribution in [3.8, 4) is 0 Å². The van der Waals surface area contributed by atoms with Gasteiger partial charge in [0, 0.05) is 23.2 Å². The van der Waals surface area contributed by atoms with Gasteiger partial charge < -0.3 is 14.6 Å². The minimum Gasteiger partial charge on any atom is -0.390 e. The zero-order valence-corrected chi connectivity index (χ0v) is 18.2. The van der Waals surface area contributed by atoms with Crippen molar-refractivity contribution in [2.45, 2.75) is 83.0 Å². The normalized spacial score (nSPS) is 51.9. The van der Waals surface area contributed by atoms with E-state index in [1.54, 1.807) is 19.9 Å². The molecular formula is C24H31FO5. The molecule has 5 aliphatic rings. The highest BCUT2D eigenvalue weighted by Gasteiger charge is 2.75. The van der Waals surface area contributed by atoms with Crippen LogP contribution in [-0.2, 0) is 19.1 Å². The molecule has 1 saturated heterocycles. The van der Waals surface area contributed by atoms with E-state index in [0.29, 0.717) is 19.3 Å². The van der Waals surface area contributed by atoms with Crippen molar-refractivity contribution < 1.29 is 28.6 Å². The lowest BCUT2D eigenvalue weighted by molar-refractivity contribution is -0.319. The Bertz CT molecular complexity index is 892. The Labute approximate surface area is 176 Å². The van der Waals surface area contributed by atoms with Gasteiger partial charge in [0.05, 0.1) is 6.10 Å². The SMILES string of the molecule is CC1(C)OCC(=O)C2(CCC3C4CC=C5CC(=O)C=CC5(C)C4(F)C(O)CC32C)O1. The van der Waals surface area contributed by atoms with Gasteiger partial charge in [-0.1, -0.05) is 24.6 Å².